The number of carbonyl (C=O) groups is 3. The van der Waals surface area contributed by atoms with Gasteiger partial charge in [0.1, 0.15) is 13.2 Å². The minimum Gasteiger partial charge on any atom is -0.462 e. The van der Waals surface area contributed by atoms with Crippen LogP contribution in [0.2, 0.25) is 0 Å². The van der Waals surface area contributed by atoms with Crippen LogP contribution in [0, 0.1) is 5.92 Å². The van der Waals surface area contributed by atoms with Crippen molar-refractivity contribution in [2.45, 2.75) is 336 Å². The molecule has 0 unspecified atom stereocenters. The molecule has 0 aliphatic rings. The van der Waals surface area contributed by atoms with E-state index in [4.69, 9.17) is 14.2 Å². The number of carbonyl (C=O) groups excluding carboxylic acids is 3. The van der Waals surface area contributed by atoms with Crippen molar-refractivity contribution in [1.29, 1.82) is 0 Å². The van der Waals surface area contributed by atoms with E-state index in [1.165, 1.54) is 225 Å². The molecule has 0 bridgehead atoms. The third-order valence-corrected chi connectivity index (χ3v) is 13.3. The van der Waals surface area contributed by atoms with Crippen LogP contribution in [-0.4, -0.2) is 37.2 Å². The van der Waals surface area contributed by atoms with Gasteiger partial charge in [0.15, 0.2) is 6.10 Å². The number of unbranched alkanes of at least 4 members (excludes halogenated alkanes) is 40. The molecule has 64 heavy (non-hydrogen) atoms. The second-order valence-corrected chi connectivity index (χ2v) is 20.4. The van der Waals surface area contributed by atoms with Gasteiger partial charge in [0.2, 0.25) is 0 Å². The summed E-state index contributed by atoms with van der Waals surface area (Å²) in [4.78, 5) is 38.1. The lowest BCUT2D eigenvalue weighted by Crippen LogP contribution is -2.30. The van der Waals surface area contributed by atoms with Gasteiger partial charge in [-0.15, -0.1) is 0 Å². The van der Waals surface area contributed by atoms with E-state index in [9.17, 15) is 14.4 Å². The first-order chi connectivity index (χ1) is 31.4. The first kappa shape index (κ1) is 62.4. The fraction of sp³-hybridized carbons (Fsp3) is 0.948. The molecule has 0 aromatic rings. The van der Waals surface area contributed by atoms with Gasteiger partial charge in [0.25, 0.3) is 0 Å². The molecule has 380 valence electrons. The maximum absolute atomic E-state index is 12.8. The summed E-state index contributed by atoms with van der Waals surface area (Å²) in [5.74, 6) is 0.00997. The first-order valence-electron chi connectivity index (χ1n) is 28.9. The van der Waals surface area contributed by atoms with Gasteiger partial charge in [0, 0.05) is 19.3 Å². The van der Waals surface area contributed by atoms with Crippen molar-refractivity contribution in [2.75, 3.05) is 13.2 Å². The van der Waals surface area contributed by atoms with Gasteiger partial charge in [-0.2, -0.15) is 0 Å². The third-order valence-electron chi connectivity index (χ3n) is 13.3. The largest absolute Gasteiger partial charge is 0.462 e. The maximum Gasteiger partial charge on any atom is 0.306 e. The normalized spacial score (nSPS) is 12.0. The fourth-order valence-electron chi connectivity index (χ4n) is 8.92. The van der Waals surface area contributed by atoms with Crippen molar-refractivity contribution < 1.29 is 28.6 Å². The van der Waals surface area contributed by atoms with E-state index < -0.39 is 6.10 Å². The zero-order valence-corrected chi connectivity index (χ0v) is 43.8. The molecule has 6 nitrogen and oxygen atoms in total. The molecule has 1 atom stereocenters. The molecule has 0 aliphatic carbocycles. The van der Waals surface area contributed by atoms with Crippen molar-refractivity contribution in [1.82, 2.24) is 0 Å². The fourth-order valence-corrected chi connectivity index (χ4v) is 8.92. The van der Waals surface area contributed by atoms with E-state index in [0.717, 1.165) is 63.7 Å². The summed E-state index contributed by atoms with van der Waals surface area (Å²) in [5, 5.41) is 0. The Morgan fingerprint density at radius 3 is 0.766 bits per heavy atom. The summed E-state index contributed by atoms with van der Waals surface area (Å²) in [6, 6.07) is 0. The Labute approximate surface area is 399 Å². The van der Waals surface area contributed by atoms with Gasteiger partial charge in [-0.25, -0.2) is 0 Å². The molecule has 0 fully saturated rings. The standard InChI is InChI=1S/C58H112O6/c1-5-7-9-11-13-15-17-19-20-21-27-31-35-39-43-47-51-58(61)64-55(52-62-56(59)49-45-41-37-33-29-24-18-16-14-12-10-8-6-2)53-63-57(60)50-46-42-38-34-30-26-23-22-25-28-32-36-40-44-48-54(3)4/h54-55H,5-53H2,1-4H3/t55-/m0/s1. The summed E-state index contributed by atoms with van der Waals surface area (Å²) in [5.41, 5.74) is 0. The Kier molecular flexibility index (Phi) is 51.1. The smallest absolute Gasteiger partial charge is 0.306 e. The molecule has 6 heteroatoms. The second kappa shape index (κ2) is 52.4. The number of hydrogen-bond acceptors (Lipinski definition) is 6. The zero-order valence-electron chi connectivity index (χ0n) is 43.8. The molecule has 0 aliphatic heterocycles. The highest BCUT2D eigenvalue weighted by Crippen LogP contribution is 2.18. The van der Waals surface area contributed by atoms with Crippen LogP contribution in [0.4, 0.5) is 0 Å². The summed E-state index contributed by atoms with van der Waals surface area (Å²) in [7, 11) is 0. The Bertz CT molecular complexity index is 964. The molecule has 0 rings (SSSR count). The van der Waals surface area contributed by atoms with E-state index in [-0.39, 0.29) is 31.1 Å². The molecular weight excluding hydrogens is 793 g/mol. The zero-order chi connectivity index (χ0) is 46.7. The Hall–Kier alpha value is -1.59. The quantitative estimate of drug-likeness (QED) is 0.0344. The van der Waals surface area contributed by atoms with Crippen LogP contribution in [0.5, 0.6) is 0 Å². The minimum atomic E-state index is -0.761. The number of esters is 3. The third kappa shape index (κ3) is 51.4. The molecular formula is C58H112O6. The predicted octanol–water partition coefficient (Wildman–Crippen LogP) is 19.0. The van der Waals surface area contributed by atoms with E-state index in [0.29, 0.717) is 19.3 Å². The summed E-state index contributed by atoms with van der Waals surface area (Å²) >= 11 is 0. The molecule has 0 N–H and O–H groups in total. The SMILES string of the molecule is CCCCCCCCCCCCCCCCCCC(=O)O[C@@H](COC(=O)CCCCCCCCCCCCCCC)COC(=O)CCCCCCCCCCCCCCCCC(C)C. The van der Waals surface area contributed by atoms with Crippen LogP contribution in [0.15, 0.2) is 0 Å². The molecule has 0 aromatic carbocycles. The van der Waals surface area contributed by atoms with Gasteiger partial charge in [-0.05, 0) is 25.2 Å². The summed E-state index contributed by atoms with van der Waals surface area (Å²) < 4.78 is 16.9. The van der Waals surface area contributed by atoms with Crippen LogP contribution >= 0.6 is 0 Å². The van der Waals surface area contributed by atoms with E-state index in [2.05, 4.69) is 27.7 Å². The van der Waals surface area contributed by atoms with Crippen molar-refractivity contribution >= 4 is 17.9 Å². The maximum atomic E-state index is 12.8. The van der Waals surface area contributed by atoms with Gasteiger partial charge in [0.05, 0.1) is 0 Å². The van der Waals surface area contributed by atoms with Gasteiger partial charge in [-0.1, -0.05) is 291 Å². The lowest BCUT2D eigenvalue weighted by atomic mass is 10.0. The van der Waals surface area contributed by atoms with Crippen molar-refractivity contribution in [3.8, 4) is 0 Å². The summed E-state index contributed by atoms with van der Waals surface area (Å²) in [6.45, 7) is 9.07. The van der Waals surface area contributed by atoms with Gasteiger partial charge < -0.3 is 14.2 Å². The van der Waals surface area contributed by atoms with Crippen molar-refractivity contribution in [3.05, 3.63) is 0 Å². The second-order valence-electron chi connectivity index (χ2n) is 20.4. The van der Waals surface area contributed by atoms with Gasteiger partial charge in [-0.3, -0.25) is 14.4 Å². The monoisotopic (exact) mass is 905 g/mol. The van der Waals surface area contributed by atoms with E-state index in [1.54, 1.807) is 0 Å². The van der Waals surface area contributed by atoms with Crippen LogP contribution in [0.25, 0.3) is 0 Å². The lowest BCUT2D eigenvalue weighted by Gasteiger charge is -2.18. The van der Waals surface area contributed by atoms with Crippen LogP contribution in [0.3, 0.4) is 0 Å². The highest BCUT2D eigenvalue weighted by atomic mass is 16.6. The minimum absolute atomic E-state index is 0.0618. The molecule has 0 saturated carbocycles. The predicted molar refractivity (Wildman–Crippen MR) is 275 cm³/mol. The summed E-state index contributed by atoms with van der Waals surface area (Å²) in [6.07, 6.45) is 56.6. The highest BCUT2D eigenvalue weighted by molar-refractivity contribution is 5.71. The number of hydrogen-bond donors (Lipinski definition) is 0. The first-order valence-corrected chi connectivity index (χ1v) is 28.9. The van der Waals surface area contributed by atoms with Crippen LogP contribution in [0.1, 0.15) is 329 Å². The van der Waals surface area contributed by atoms with Crippen LogP contribution < -0.4 is 0 Å². The van der Waals surface area contributed by atoms with Crippen molar-refractivity contribution in [3.63, 3.8) is 0 Å². The molecule has 0 amide bonds. The Morgan fingerprint density at radius 1 is 0.297 bits per heavy atom. The number of rotatable bonds is 53. The molecule has 0 saturated heterocycles. The molecule has 0 spiro atoms. The Balaban J connectivity index is 4.29. The van der Waals surface area contributed by atoms with E-state index >= 15 is 0 Å². The lowest BCUT2D eigenvalue weighted by molar-refractivity contribution is -0.167. The van der Waals surface area contributed by atoms with E-state index in [1.807, 2.05) is 0 Å². The highest BCUT2D eigenvalue weighted by Gasteiger charge is 2.19. The molecule has 0 aromatic heterocycles. The number of ether oxygens (including phenoxy) is 3. The van der Waals surface area contributed by atoms with Crippen LogP contribution in [-0.2, 0) is 28.6 Å². The average Bonchev–Trinajstić information content (AvgIpc) is 3.28. The average molecular weight is 906 g/mol. The Morgan fingerprint density at radius 2 is 0.516 bits per heavy atom. The topological polar surface area (TPSA) is 78.9 Å². The van der Waals surface area contributed by atoms with Gasteiger partial charge >= 0.3 is 17.9 Å². The molecule has 0 heterocycles. The molecule has 0 radical (unpaired) electrons. The van der Waals surface area contributed by atoms with Crippen molar-refractivity contribution in [2.24, 2.45) is 5.92 Å².